The molecule has 30 heavy (non-hydrogen) atoms. The molecule has 0 radical (unpaired) electrons. The van der Waals surface area contributed by atoms with E-state index in [1.807, 2.05) is 48.5 Å². The molecule has 0 saturated carbocycles. The molecule has 0 aromatic heterocycles. The molecule has 2 N–H and O–H groups in total. The number of nitrogens with zero attached hydrogens (tertiary/aromatic N) is 2. The molecule has 3 aliphatic heterocycles. The van der Waals surface area contributed by atoms with Crippen LogP contribution in [-0.4, -0.2) is 60.5 Å². The van der Waals surface area contributed by atoms with E-state index in [1.54, 1.807) is 0 Å². The molecule has 6 heteroatoms. The van der Waals surface area contributed by atoms with Gasteiger partial charge in [0.15, 0.2) is 0 Å². The minimum atomic E-state index is -1.03. The Hall–Kier alpha value is -2.41. The fourth-order valence-corrected chi connectivity index (χ4v) is 5.48. The maximum atomic E-state index is 12.9. The summed E-state index contributed by atoms with van der Waals surface area (Å²) in [6.45, 7) is 3.05. The number of likely N-dealkylation sites (tertiary alicyclic amines) is 1. The van der Waals surface area contributed by atoms with Crippen molar-refractivity contribution in [2.45, 2.75) is 36.4 Å². The number of aliphatic hydroxyl groups is 1. The van der Waals surface area contributed by atoms with Crippen molar-refractivity contribution < 1.29 is 14.6 Å². The van der Waals surface area contributed by atoms with Gasteiger partial charge >= 0.3 is 0 Å². The van der Waals surface area contributed by atoms with Gasteiger partial charge in [0.1, 0.15) is 11.1 Å². The highest BCUT2D eigenvalue weighted by Crippen LogP contribution is 2.40. The third kappa shape index (κ3) is 3.11. The number of piperidine rings is 1. The molecule has 0 unspecified atom stereocenters. The number of carbonyl (C=O) groups is 1. The summed E-state index contributed by atoms with van der Waals surface area (Å²) < 4.78 is 5.70. The van der Waals surface area contributed by atoms with Crippen molar-refractivity contribution >= 4 is 11.6 Å². The Bertz CT molecular complexity index is 883. The van der Waals surface area contributed by atoms with Gasteiger partial charge in [-0.2, -0.15) is 0 Å². The first kappa shape index (κ1) is 19.5. The van der Waals surface area contributed by atoms with E-state index in [2.05, 4.69) is 27.2 Å². The number of hydrogen-bond donors (Lipinski definition) is 2. The molecule has 0 aliphatic carbocycles. The summed E-state index contributed by atoms with van der Waals surface area (Å²) in [4.78, 5) is 17.5. The third-order valence-corrected chi connectivity index (χ3v) is 7.15. The predicted molar refractivity (Wildman–Crippen MR) is 115 cm³/mol. The molecule has 158 valence electrons. The van der Waals surface area contributed by atoms with E-state index in [4.69, 9.17) is 4.74 Å². The van der Waals surface area contributed by atoms with Crippen molar-refractivity contribution in [2.24, 2.45) is 0 Å². The quantitative estimate of drug-likeness (QED) is 0.816. The Kier molecular flexibility index (Phi) is 5.01. The number of benzene rings is 2. The van der Waals surface area contributed by atoms with Gasteiger partial charge < -0.3 is 20.1 Å². The lowest BCUT2D eigenvalue weighted by atomic mass is 9.79. The van der Waals surface area contributed by atoms with Crippen LogP contribution in [0.1, 0.15) is 24.8 Å². The molecule has 3 aliphatic rings. The second-order valence-electron chi connectivity index (χ2n) is 8.64. The predicted octanol–water partition coefficient (Wildman–Crippen LogP) is 2.09. The van der Waals surface area contributed by atoms with Crippen molar-refractivity contribution in [3.05, 3.63) is 66.2 Å². The van der Waals surface area contributed by atoms with Crippen LogP contribution in [0.25, 0.3) is 0 Å². The standard InChI is InChI=1S/C24H29N3O3/c28-22-23(27(18-25-22)20-9-5-2-6-10-20)12-14-26(15-13-23)21-11-16-30-17-24(21,29)19-7-3-1-4-8-19/h1-10,21,29H,11-18H2,(H,25,28)/t21-,24-/m1/s1. The molecule has 6 nitrogen and oxygen atoms in total. The molecular formula is C24H29N3O3. The zero-order valence-electron chi connectivity index (χ0n) is 17.2. The van der Waals surface area contributed by atoms with Crippen LogP contribution in [0.4, 0.5) is 5.69 Å². The van der Waals surface area contributed by atoms with Crippen LogP contribution >= 0.6 is 0 Å². The maximum absolute atomic E-state index is 12.9. The summed E-state index contributed by atoms with van der Waals surface area (Å²) in [7, 11) is 0. The Balaban J connectivity index is 1.38. The molecule has 2 aromatic rings. The fourth-order valence-electron chi connectivity index (χ4n) is 5.48. The van der Waals surface area contributed by atoms with Gasteiger partial charge in [-0.15, -0.1) is 0 Å². The lowest BCUT2D eigenvalue weighted by Crippen LogP contribution is -2.62. The van der Waals surface area contributed by atoms with Gasteiger partial charge in [0.05, 0.1) is 13.3 Å². The summed E-state index contributed by atoms with van der Waals surface area (Å²) in [6, 6.07) is 20.0. The number of rotatable bonds is 3. The van der Waals surface area contributed by atoms with Crippen LogP contribution in [0.5, 0.6) is 0 Å². The highest BCUT2D eigenvalue weighted by molar-refractivity contribution is 5.93. The summed E-state index contributed by atoms with van der Waals surface area (Å²) in [6.07, 6.45) is 2.28. The number of nitrogens with one attached hydrogen (secondary N) is 1. The Labute approximate surface area is 177 Å². The van der Waals surface area contributed by atoms with E-state index in [1.165, 1.54) is 0 Å². The zero-order valence-corrected chi connectivity index (χ0v) is 17.2. The topological polar surface area (TPSA) is 65.0 Å². The average Bonchev–Trinajstić information content (AvgIpc) is 3.11. The minimum absolute atomic E-state index is 0.0133. The van der Waals surface area contributed by atoms with E-state index in [9.17, 15) is 9.90 Å². The number of ether oxygens (including phenoxy) is 1. The first-order valence-electron chi connectivity index (χ1n) is 10.8. The second kappa shape index (κ2) is 7.69. The van der Waals surface area contributed by atoms with Crippen molar-refractivity contribution in [1.82, 2.24) is 10.2 Å². The lowest BCUT2D eigenvalue weighted by molar-refractivity contribution is -0.150. The summed E-state index contributed by atoms with van der Waals surface area (Å²) in [5.74, 6) is 0.122. The molecule has 5 rings (SSSR count). The van der Waals surface area contributed by atoms with Gasteiger partial charge in [0.2, 0.25) is 5.91 Å². The molecule has 3 saturated heterocycles. The molecule has 3 fully saturated rings. The largest absolute Gasteiger partial charge is 0.381 e. The third-order valence-electron chi connectivity index (χ3n) is 7.15. The molecule has 3 heterocycles. The molecule has 0 bridgehead atoms. The summed E-state index contributed by atoms with van der Waals surface area (Å²) in [5, 5.41) is 14.7. The number of carbonyl (C=O) groups excluding carboxylic acids is 1. The van der Waals surface area contributed by atoms with E-state index < -0.39 is 11.1 Å². The molecule has 1 spiro atoms. The van der Waals surface area contributed by atoms with Gasteiger partial charge in [0.25, 0.3) is 0 Å². The van der Waals surface area contributed by atoms with E-state index in [-0.39, 0.29) is 11.9 Å². The summed E-state index contributed by atoms with van der Waals surface area (Å²) >= 11 is 0. The van der Waals surface area contributed by atoms with E-state index >= 15 is 0 Å². The number of anilines is 1. The average molecular weight is 408 g/mol. The molecule has 2 atom stereocenters. The Morgan fingerprint density at radius 2 is 1.67 bits per heavy atom. The summed E-state index contributed by atoms with van der Waals surface area (Å²) in [5.41, 5.74) is 0.449. The lowest BCUT2D eigenvalue weighted by Gasteiger charge is -2.50. The van der Waals surface area contributed by atoms with Crippen LogP contribution < -0.4 is 10.2 Å². The van der Waals surface area contributed by atoms with Gasteiger partial charge in [-0.05, 0) is 37.0 Å². The first-order chi connectivity index (χ1) is 14.6. The SMILES string of the molecule is O=C1NCN(c2ccccc2)C12CCN([C@@H]1CCOC[C@@]1(O)c1ccccc1)CC2. The van der Waals surface area contributed by atoms with Gasteiger partial charge in [-0.1, -0.05) is 48.5 Å². The Morgan fingerprint density at radius 1 is 1.00 bits per heavy atom. The molecular weight excluding hydrogens is 378 g/mol. The van der Waals surface area contributed by atoms with Crippen molar-refractivity contribution in [3.63, 3.8) is 0 Å². The zero-order chi connectivity index (χ0) is 20.6. The monoisotopic (exact) mass is 407 g/mol. The van der Waals surface area contributed by atoms with E-state index in [0.717, 1.165) is 43.6 Å². The van der Waals surface area contributed by atoms with Crippen molar-refractivity contribution in [2.75, 3.05) is 37.9 Å². The highest BCUT2D eigenvalue weighted by Gasteiger charge is 2.53. The maximum Gasteiger partial charge on any atom is 0.247 e. The van der Waals surface area contributed by atoms with Crippen molar-refractivity contribution in [3.8, 4) is 0 Å². The van der Waals surface area contributed by atoms with Crippen LogP contribution in [0.2, 0.25) is 0 Å². The van der Waals surface area contributed by atoms with Gasteiger partial charge in [-0.25, -0.2) is 0 Å². The van der Waals surface area contributed by atoms with Crippen molar-refractivity contribution in [1.29, 1.82) is 0 Å². The first-order valence-corrected chi connectivity index (χ1v) is 10.8. The van der Waals surface area contributed by atoms with Gasteiger partial charge in [0, 0.05) is 31.4 Å². The number of para-hydroxylation sites is 1. The Morgan fingerprint density at radius 3 is 2.37 bits per heavy atom. The van der Waals surface area contributed by atoms with Crippen LogP contribution in [0.15, 0.2) is 60.7 Å². The second-order valence-corrected chi connectivity index (χ2v) is 8.64. The normalized spacial score (nSPS) is 29.2. The van der Waals surface area contributed by atoms with Gasteiger partial charge in [-0.3, -0.25) is 9.69 Å². The minimum Gasteiger partial charge on any atom is -0.381 e. The van der Waals surface area contributed by atoms with Crippen LogP contribution in [0.3, 0.4) is 0 Å². The smallest absolute Gasteiger partial charge is 0.247 e. The molecule has 2 aromatic carbocycles. The molecule has 1 amide bonds. The van der Waals surface area contributed by atoms with Crippen LogP contribution in [-0.2, 0) is 15.1 Å². The van der Waals surface area contributed by atoms with Crippen LogP contribution in [0, 0.1) is 0 Å². The number of hydrogen-bond acceptors (Lipinski definition) is 5. The fraction of sp³-hybridized carbons (Fsp3) is 0.458. The number of amides is 1. The van der Waals surface area contributed by atoms with E-state index in [0.29, 0.717) is 19.9 Å². The highest BCUT2D eigenvalue weighted by atomic mass is 16.5.